The molecule has 0 spiro atoms. The number of H-pyrrole nitrogens is 1. The Labute approximate surface area is 540 Å². The van der Waals surface area contributed by atoms with Crippen molar-refractivity contribution in [2.45, 2.75) is 158 Å². The Morgan fingerprint density at radius 3 is 1.57 bits per heavy atom. The number of nitrogens with two attached hydrogens (primary N) is 5. The lowest BCUT2D eigenvalue weighted by molar-refractivity contribution is -0.144. The number of aliphatic carboxylic acids is 3. The average molecular weight is 1330 g/mol. The van der Waals surface area contributed by atoms with Crippen LogP contribution in [0.5, 0.6) is 0 Å². The first kappa shape index (κ1) is 77.8. The van der Waals surface area contributed by atoms with Gasteiger partial charge in [-0.3, -0.25) is 62.5 Å². The van der Waals surface area contributed by atoms with Crippen molar-refractivity contribution in [1.82, 2.24) is 52.8 Å². The van der Waals surface area contributed by atoms with Gasteiger partial charge in [0.15, 0.2) is 5.96 Å². The van der Waals surface area contributed by atoms with E-state index in [9.17, 15) is 77.6 Å². The zero-order valence-electron chi connectivity index (χ0n) is 52.0. The number of aliphatic hydroxyl groups is 1. The Kier molecular flexibility index (Phi) is 33.9. The molecular weight excluding hydrogens is 1240 g/mol. The summed E-state index contributed by atoms with van der Waals surface area (Å²) in [6.45, 7) is 2.48. The van der Waals surface area contributed by atoms with Crippen LogP contribution in [0.2, 0.25) is 0 Å². The Balaban J connectivity index is 1.99. The molecule has 0 saturated heterocycles. The highest BCUT2D eigenvalue weighted by Crippen LogP contribution is 2.20. The Morgan fingerprint density at radius 2 is 1.02 bits per heavy atom. The van der Waals surface area contributed by atoms with Crippen LogP contribution in [0.15, 0.2) is 65.8 Å². The molecule has 3 aromatic rings. The van der Waals surface area contributed by atoms with E-state index in [1.54, 1.807) is 80.9 Å². The van der Waals surface area contributed by atoms with Crippen molar-refractivity contribution in [2.75, 3.05) is 31.7 Å². The van der Waals surface area contributed by atoms with Gasteiger partial charge < -0.3 is 102 Å². The fraction of sp³-hybridized carbons (Fsp3) is 0.525. The third kappa shape index (κ3) is 28.3. The number of amides is 10. The van der Waals surface area contributed by atoms with Gasteiger partial charge in [0.25, 0.3) is 0 Å². The summed E-state index contributed by atoms with van der Waals surface area (Å²) in [6.07, 6.45) is 0.345. The second kappa shape index (κ2) is 40.4. The Hall–Kier alpha value is -9.41. The van der Waals surface area contributed by atoms with E-state index in [1.807, 2.05) is 0 Å². The van der Waals surface area contributed by atoms with Crippen molar-refractivity contribution in [2.24, 2.45) is 39.6 Å². The molecule has 512 valence electrons. The molecule has 3 rings (SSSR count). The summed E-state index contributed by atoms with van der Waals surface area (Å²) in [5.41, 5.74) is 29.7. The lowest BCUT2D eigenvalue weighted by Gasteiger charge is -2.28. The largest absolute Gasteiger partial charge is 0.481 e. The number of aromatic amines is 1. The first-order valence-corrected chi connectivity index (χ1v) is 31.3. The number of aliphatic hydroxyl groups excluding tert-OH is 1. The second-order valence-corrected chi connectivity index (χ2v) is 23.3. The highest BCUT2D eigenvalue weighted by atomic mass is 32.2. The number of aromatic nitrogens is 1. The first-order valence-electron chi connectivity index (χ1n) is 29.9. The number of carboxylic acids is 3. The molecule has 0 radical (unpaired) electrons. The molecule has 1 aromatic heterocycles. The molecule has 93 heavy (non-hydrogen) atoms. The SMILES string of the molecule is CSCC[C@H](NC(=O)[C@H](CO)NC(=O)[C@H](Cc1ccccc1)NC(=O)[C@H](CCCN=C(N)N)NC(=O)[C@@H](N)CC(=O)O)C(=O)N[C@@H](Cc1c[nH]c2ccccc12)C(=O)N[C@@H](CCCCN)C(=O)N[C@@H](CC(N)=O)C(=O)N[C@@H](CC(C)C)C(=O)N[C@@H](CCC(=O)O)C(=O)O. The molecule has 2 aromatic carbocycles. The molecule has 0 aliphatic rings. The normalized spacial score (nSPS) is 14.3. The number of carbonyl (C=O) groups is 13. The van der Waals surface area contributed by atoms with Gasteiger partial charge in [-0.25, -0.2) is 4.79 Å². The van der Waals surface area contributed by atoms with Gasteiger partial charge >= 0.3 is 17.9 Å². The molecule has 10 atom stereocenters. The van der Waals surface area contributed by atoms with Gasteiger partial charge in [-0.15, -0.1) is 0 Å². The minimum absolute atomic E-state index is 0.00728. The number of primary amides is 1. The van der Waals surface area contributed by atoms with Gasteiger partial charge in [-0.2, -0.15) is 11.8 Å². The third-order valence-corrected chi connectivity index (χ3v) is 14.9. The summed E-state index contributed by atoms with van der Waals surface area (Å²) < 4.78 is 0. The monoisotopic (exact) mass is 1320 g/mol. The number of aliphatic imine (C=N–C) groups is 1. The summed E-state index contributed by atoms with van der Waals surface area (Å²) in [5, 5.41) is 61.7. The molecule has 33 nitrogen and oxygen atoms in total. The lowest BCUT2D eigenvalue weighted by Crippen LogP contribution is -2.61. The van der Waals surface area contributed by atoms with E-state index in [1.165, 1.54) is 11.8 Å². The highest BCUT2D eigenvalue weighted by Gasteiger charge is 2.37. The number of carbonyl (C=O) groups excluding carboxylic acids is 10. The number of nitrogens with one attached hydrogen (secondary N) is 10. The summed E-state index contributed by atoms with van der Waals surface area (Å²) in [5.74, 6) is -14.8. The molecule has 34 heteroatoms. The predicted octanol–water partition coefficient (Wildman–Crippen LogP) is -4.08. The van der Waals surface area contributed by atoms with Crippen LogP contribution in [0.1, 0.15) is 95.6 Å². The summed E-state index contributed by atoms with van der Waals surface area (Å²) in [4.78, 5) is 181. The predicted molar refractivity (Wildman–Crippen MR) is 340 cm³/mol. The van der Waals surface area contributed by atoms with E-state index in [2.05, 4.69) is 57.8 Å². The van der Waals surface area contributed by atoms with Crippen LogP contribution in [0.25, 0.3) is 10.9 Å². The molecule has 0 aliphatic carbocycles. The van der Waals surface area contributed by atoms with Crippen molar-refractivity contribution in [1.29, 1.82) is 0 Å². The molecule has 10 amide bonds. The molecule has 24 N–H and O–H groups in total. The number of para-hydroxylation sites is 1. The average Bonchev–Trinajstić information content (AvgIpc) is 1.77. The van der Waals surface area contributed by atoms with Gasteiger partial charge in [0.05, 0.1) is 25.5 Å². The molecular formula is C59H88N16O17S. The summed E-state index contributed by atoms with van der Waals surface area (Å²) >= 11 is 1.28. The molecule has 0 fully saturated rings. The summed E-state index contributed by atoms with van der Waals surface area (Å²) in [6, 6.07) is -0.500. The van der Waals surface area contributed by atoms with Gasteiger partial charge in [-0.05, 0) is 93.0 Å². The second-order valence-electron chi connectivity index (χ2n) is 22.3. The van der Waals surface area contributed by atoms with Crippen LogP contribution in [0.3, 0.4) is 0 Å². The number of unbranched alkanes of at least 4 members (excludes halogenated alkanes) is 1. The van der Waals surface area contributed by atoms with Crippen molar-refractivity contribution in [3.8, 4) is 0 Å². The van der Waals surface area contributed by atoms with Crippen molar-refractivity contribution in [3.05, 3.63) is 71.9 Å². The van der Waals surface area contributed by atoms with Gasteiger partial charge in [0.1, 0.15) is 54.4 Å². The van der Waals surface area contributed by atoms with Crippen molar-refractivity contribution < 1.29 is 82.8 Å². The first-order chi connectivity index (χ1) is 44.1. The van der Waals surface area contributed by atoms with Crippen LogP contribution in [-0.2, 0) is 75.2 Å². The topological polar surface area (TPSA) is 569 Å². The zero-order chi connectivity index (χ0) is 69.3. The molecule has 1 heterocycles. The van der Waals surface area contributed by atoms with Crippen LogP contribution < -0.4 is 76.5 Å². The minimum atomic E-state index is -1.79. The van der Waals surface area contributed by atoms with Crippen molar-refractivity contribution >= 4 is 106 Å². The maximum atomic E-state index is 14.8. The number of guanidine groups is 1. The number of thioether (sulfide) groups is 1. The fourth-order valence-corrected chi connectivity index (χ4v) is 9.87. The van der Waals surface area contributed by atoms with Crippen LogP contribution in [-0.4, -0.2) is 200 Å². The van der Waals surface area contributed by atoms with E-state index in [-0.39, 0.29) is 82.1 Å². The van der Waals surface area contributed by atoms with Gasteiger partial charge in [0.2, 0.25) is 59.1 Å². The number of benzene rings is 2. The molecule has 0 aliphatic heterocycles. The molecule has 0 unspecified atom stereocenters. The third-order valence-electron chi connectivity index (χ3n) is 14.2. The Morgan fingerprint density at radius 1 is 0.538 bits per heavy atom. The number of fused-ring (bicyclic) bond motifs is 1. The zero-order valence-corrected chi connectivity index (χ0v) is 52.8. The number of rotatable bonds is 44. The smallest absolute Gasteiger partial charge is 0.326 e. The van der Waals surface area contributed by atoms with Crippen LogP contribution in [0, 0.1) is 5.92 Å². The maximum Gasteiger partial charge on any atom is 0.326 e. The highest BCUT2D eigenvalue weighted by molar-refractivity contribution is 7.98. The van der Waals surface area contributed by atoms with E-state index in [0.29, 0.717) is 28.5 Å². The number of nitrogens with zero attached hydrogens (tertiary/aromatic N) is 1. The number of carboxylic acid groups (broad SMARTS) is 3. The molecule has 0 bridgehead atoms. The molecule has 0 saturated carbocycles. The fourth-order valence-electron chi connectivity index (χ4n) is 9.40. The lowest BCUT2D eigenvalue weighted by atomic mass is 10.0. The number of hydrogen-bond donors (Lipinski definition) is 19. The van der Waals surface area contributed by atoms with Crippen LogP contribution >= 0.6 is 11.8 Å². The van der Waals surface area contributed by atoms with Gasteiger partial charge in [0, 0.05) is 42.9 Å². The van der Waals surface area contributed by atoms with E-state index in [4.69, 9.17) is 33.8 Å². The van der Waals surface area contributed by atoms with E-state index < -0.39 is 170 Å². The quantitative estimate of drug-likeness (QED) is 0.0145. The standard InChI is InChI=1S/C59H88N16O17S/c1-31(2)24-41(53(86)70-40(58(91)92)18-19-47(78)79)71-56(89)44(28-46(62)77)74-50(83)37(16-9-10-21-60)68-55(88)43(26-33-29-66-36-15-8-7-14-34(33)36)73-52(85)39(20-23-93-3)69-57(90)45(30-76)75-54(87)42(25-32-12-5-4-6-13-32)72-51(84)38(17-11-22-65-59(63)64)67-49(82)35(61)27-48(80)81/h4-8,12-15,29,31,35,37-45,66,76H,9-11,16-28,30,60-61H2,1-3H3,(H2,62,77)(H,67,82)(H,68,88)(H,69,90)(H,70,86)(H,71,89)(H,72,84)(H,73,85)(H,74,83)(H,75,87)(H,78,79)(H,80,81)(H,91,92)(H4,63,64,65)/t35-,37-,38-,39-,40-,41-,42-,43-,44-,45-/m0/s1. The number of hydrogen-bond acceptors (Lipinski definition) is 18. The van der Waals surface area contributed by atoms with Gasteiger partial charge in [-0.1, -0.05) is 62.4 Å². The summed E-state index contributed by atoms with van der Waals surface area (Å²) in [7, 11) is 0. The Bertz CT molecular complexity index is 3080. The van der Waals surface area contributed by atoms with E-state index in [0.717, 1.165) is 0 Å². The minimum Gasteiger partial charge on any atom is -0.481 e. The van der Waals surface area contributed by atoms with Crippen LogP contribution in [0.4, 0.5) is 0 Å². The maximum absolute atomic E-state index is 14.8. The van der Waals surface area contributed by atoms with E-state index >= 15 is 0 Å². The van der Waals surface area contributed by atoms with Crippen molar-refractivity contribution in [3.63, 3.8) is 0 Å².